The van der Waals surface area contributed by atoms with Gasteiger partial charge in [0.25, 0.3) is 5.91 Å². The lowest BCUT2D eigenvalue weighted by Gasteiger charge is -2.42. The molecule has 2 aliphatic rings. The Kier molecular flexibility index (Phi) is 3.39. The number of nitrogens with one attached hydrogen (secondary N) is 1. The maximum absolute atomic E-state index is 12.9. The van der Waals surface area contributed by atoms with Crippen LogP contribution in [0.2, 0.25) is 0 Å². The number of imide groups is 1. The smallest absolute Gasteiger partial charge is 0.325 e. The number of urea groups is 1. The van der Waals surface area contributed by atoms with Crippen LogP contribution in [0.5, 0.6) is 0 Å². The van der Waals surface area contributed by atoms with Gasteiger partial charge in [-0.25, -0.2) is 9.78 Å². The number of nitrogens with two attached hydrogens (primary N) is 1. The molecular formula is C14H20N4O2S. The molecule has 7 heteroatoms. The van der Waals surface area contributed by atoms with Gasteiger partial charge < -0.3 is 11.1 Å². The van der Waals surface area contributed by atoms with E-state index in [0.29, 0.717) is 5.13 Å². The predicted molar refractivity (Wildman–Crippen MR) is 80.5 cm³/mol. The SMILES string of the molecule is CC1CCCC(C)C12NC(=O)N(Cc1cnc(N)s1)C2=O. The molecular weight excluding hydrogens is 288 g/mol. The van der Waals surface area contributed by atoms with Crippen LogP contribution in [0.3, 0.4) is 0 Å². The lowest BCUT2D eigenvalue weighted by molar-refractivity contribution is -0.136. The predicted octanol–water partition coefficient (Wildman–Crippen LogP) is 1.97. The third-order valence-electron chi connectivity index (χ3n) is 4.87. The van der Waals surface area contributed by atoms with Crippen molar-refractivity contribution in [2.75, 3.05) is 5.73 Å². The van der Waals surface area contributed by atoms with Crippen molar-refractivity contribution in [3.05, 3.63) is 11.1 Å². The lowest BCUT2D eigenvalue weighted by atomic mass is 9.67. The fourth-order valence-electron chi connectivity index (χ4n) is 3.65. The summed E-state index contributed by atoms with van der Waals surface area (Å²) in [5.41, 5.74) is 4.88. The molecule has 3 N–H and O–H groups in total. The topological polar surface area (TPSA) is 88.3 Å². The van der Waals surface area contributed by atoms with Gasteiger partial charge in [-0.3, -0.25) is 9.69 Å². The quantitative estimate of drug-likeness (QED) is 0.818. The first-order chi connectivity index (χ1) is 9.95. The van der Waals surface area contributed by atoms with Crippen LogP contribution in [0.25, 0.3) is 0 Å². The van der Waals surface area contributed by atoms with Gasteiger partial charge in [0.1, 0.15) is 5.54 Å². The number of nitrogen functional groups attached to an aromatic ring is 1. The molecule has 0 bridgehead atoms. The molecule has 1 saturated carbocycles. The molecule has 1 aliphatic heterocycles. The number of thiazole rings is 1. The highest BCUT2D eigenvalue weighted by atomic mass is 32.1. The first-order valence-electron chi connectivity index (χ1n) is 7.29. The van der Waals surface area contributed by atoms with E-state index in [9.17, 15) is 9.59 Å². The van der Waals surface area contributed by atoms with E-state index < -0.39 is 5.54 Å². The molecule has 1 aliphatic carbocycles. The summed E-state index contributed by atoms with van der Waals surface area (Å²) in [5.74, 6) is 0.225. The van der Waals surface area contributed by atoms with Crippen LogP contribution in [-0.4, -0.2) is 27.4 Å². The Labute approximate surface area is 127 Å². The summed E-state index contributed by atoms with van der Waals surface area (Å²) in [7, 11) is 0. The molecule has 0 aromatic carbocycles. The van der Waals surface area contributed by atoms with E-state index in [0.717, 1.165) is 24.1 Å². The minimum Gasteiger partial charge on any atom is -0.375 e. The molecule has 0 radical (unpaired) electrons. The molecule has 1 aromatic heterocycles. The van der Waals surface area contributed by atoms with E-state index >= 15 is 0 Å². The zero-order valence-corrected chi connectivity index (χ0v) is 13.1. The number of carbonyl (C=O) groups is 2. The average Bonchev–Trinajstić information content (AvgIpc) is 2.94. The van der Waals surface area contributed by atoms with E-state index in [4.69, 9.17) is 5.73 Å². The summed E-state index contributed by atoms with van der Waals surface area (Å²) in [5, 5.41) is 3.44. The second-order valence-electron chi connectivity index (χ2n) is 6.09. The van der Waals surface area contributed by atoms with E-state index in [2.05, 4.69) is 24.1 Å². The van der Waals surface area contributed by atoms with Crippen molar-refractivity contribution < 1.29 is 9.59 Å². The number of hydrogen-bond donors (Lipinski definition) is 2. The van der Waals surface area contributed by atoms with Gasteiger partial charge in [-0.2, -0.15) is 0 Å². The zero-order chi connectivity index (χ0) is 15.2. The van der Waals surface area contributed by atoms with E-state index in [1.165, 1.54) is 16.2 Å². The Morgan fingerprint density at radius 2 is 2.10 bits per heavy atom. The Morgan fingerprint density at radius 3 is 2.67 bits per heavy atom. The summed E-state index contributed by atoms with van der Waals surface area (Å²) >= 11 is 1.31. The molecule has 1 saturated heterocycles. The summed E-state index contributed by atoms with van der Waals surface area (Å²) in [6.07, 6.45) is 4.67. The van der Waals surface area contributed by atoms with Gasteiger partial charge in [0.05, 0.1) is 6.54 Å². The van der Waals surface area contributed by atoms with Gasteiger partial charge in [0, 0.05) is 11.1 Å². The minimum atomic E-state index is -0.731. The standard InChI is InChI=1S/C14H20N4O2S/c1-8-4-3-5-9(2)14(8)11(19)18(13(20)17-14)7-10-6-16-12(15)21-10/h6,8-9H,3-5,7H2,1-2H3,(H2,15,16)(H,17,20). The van der Waals surface area contributed by atoms with Crippen LogP contribution >= 0.6 is 11.3 Å². The van der Waals surface area contributed by atoms with Gasteiger partial charge in [0.15, 0.2) is 5.13 Å². The third-order valence-corrected chi connectivity index (χ3v) is 5.68. The number of aromatic nitrogens is 1. The van der Waals surface area contributed by atoms with Gasteiger partial charge in [-0.05, 0) is 24.7 Å². The van der Waals surface area contributed by atoms with Crippen molar-refractivity contribution in [2.45, 2.75) is 45.2 Å². The summed E-state index contributed by atoms with van der Waals surface area (Å²) in [6, 6.07) is -0.299. The molecule has 1 aromatic rings. The van der Waals surface area contributed by atoms with E-state index in [1.54, 1.807) is 6.20 Å². The first kappa shape index (κ1) is 14.3. The number of hydrogen-bond acceptors (Lipinski definition) is 5. The normalized spacial score (nSPS) is 32.8. The molecule has 21 heavy (non-hydrogen) atoms. The highest BCUT2D eigenvalue weighted by molar-refractivity contribution is 7.15. The van der Waals surface area contributed by atoms with Gasteiger partial charge >= 0.3 is 6.03 Å². The van der Waals surface area contributed by atoms with Crippen molar-refractivity contribution in [3.8, 4) is 0 Å². The van der Waals surface area contributed by atoms with Crippen molar-refractivity contribution in [3.63, 3.8) is 0 Å². The van der Waals surface area contributed by atoms with Crippen LogP contribution in [-0.2, 0) is 11.3 Å². The van der Waals surface area contributed by atoms with Crippen LogP contribution in [0.15, 0.2) is 6.20 Å². The van der Waals surface area contributed by atoms with Gasteiger partial charge in [0.2, 0.25) is 0 Å². The lowest BCUT2D eigenvalue weighted by Crippen LogP contribution is -2.58. The molecule has 1 spiro atoms. The number of amides is 3. The maximum Gasteiger partial charge on any atom is 0.325 e. The monoisotopic (exact) mass is 308 g/mol. The van der Waals surface area contributed by atoms with Gasteiger partial charge in [-0.15, -0.1) is 11.3 Å². The zero-order valence-electron chi connectivity index (χ0n) is 12.3. The fraction of sp³-hybridized carbons (Fsp3) is 0.643. The Balaban J connectivity index is 1.87. The Hall–Kier alpha value is -1.63. The minimum absolute atomic E-state index is 0.0980. The number of rotatable bonds is 2. The van der Waals surface area contributed by atoms with E-state index in [1.807, 2.05) is 0 Å². The second-order valence-corrected chi connectivity index (χ2v) is 7.24. The largest absolute Gasteiger partial charge is 0.375 e. The van der Waals surface area contributed by atoms with Crippen LogP contribution in [0.1, 0.15) is 38.0 Å². The molecule has 6 nitrogen and oxygen atoms in total. The maximum atomic E-state index is 12.9. The fourth-order valence-corrected chi connectivity index (χ4v) is 4.32. The number of nitrogens with zero attached hydrogens (tertiary/aromatic N) is 2. The summed E-state index contributed by atoms with van der Waals surface area (Å²) in [4.78, 5) is 31.3. The van der Waals surface area contributed by atoms with Crippen LogP contribution in [0.4, 0.5) is 9.93 Å². The molecule has 3 amide bonds. The highest BCUT2D eigenvalue weighted by Crippen LogP contribution is 2.42. The molecule has 2 fully saturated rings. The average molecular weight is 308 g/mol. The van der Waals surface area contributed by atoms with Gasteiger partial charge in [-0.1, -0.05) is 20.3 Å². The third kappa shape index (κ3) is 2.10. The van der Waals surface area contributed by atoms with E-state index in [-0.39, 0.29) is 30.3 Å². The highest BCUT2D eigenvalue weighted by Gasteiger charge is 2.58. The molecule has 2 heterocycles. The van der Waals surface area contributed by atoms with Crippen molar-refractivity contribution >= 4 is 28.4 Å². The number of anilines is 1. The Bertz CT molecular complexity index is 575. The summed E-state index contributed by atoms with van der Waals surface area (Å²) in [6.45, 7) is 4.37. The molecule has 2 atom stereocenters. The van der Waals surface area contributed by atoms with Crippen LogP contribution < -0.4 is 11.1 Å². The van der Waals surface area contributed by atoms with Crippen molar-refractivity contribution in [2.24, 2.45) is 11.8 Å². The first-order valence-corrected chi connectivity index (χ1v) is 8.11. The van der Waals surface area contributed by atoms with Crippen molar-refractivity contribution in [1.82, 2.24) is 15.2 Å². The second kappa shape index (κ2) is 4.98. The summed E-state index contributed by atoms with van der Waals surface area (Å²) < 4.78 is 0. The Morgan fingerprint density at radius 1 is 1.43 bits per heavy atom. The number of carbonyl (C=O) groups excluding carboxylic acids is 2. The van der Waals surface area contributed by atoms with Crippen LogP contribution in [0, 0.1) is 11.8 Å². The molecule has 114 valence electrons. The molecule has 2 unspecified atom stereocenters. The molecule has 3 rings (SSSR count). The van der Waals surface area contributed by atoms with Crippen molar-refractivity contribution in [1.29, 1.82) is 0 Å².